The molecule has 0 saturated carbocycles. The molecular weight excluding hydrogens is 655 g/mol. The minimum absolute atomic E-state index is 0.0365. The van der Waals surface area contributed by atoms with E-state index in [1.165, 1.54) is 12.1 Å². The summed E-state index contributed by atoms with van der Waals surface area (Å²) >= 11 is 0. The van der Waals surface area contributed by atoms with Crippen molar-refractivity contribution in [3.8, 4) is 33.8 Å². The first-order valence-corrected chi connectivity index (χ1v) is 15.0. The van der Waals surface area contributed by atoms with Gasteiger partial charge in [0.2, 0.25) is 0 Å². The maximum Gasteiger partial charge on any atom is 0.573 e. The fourth-order valence-electron chi connectivity index (χ4n) is 5.29. The average molecular weight is 685 g/mol. The molecule has 0 atom stereocenters. The zero-order valence-electron chi connectivity index (χ0n) is 25.4. The first-order valence-electron chi connectivity index (χ1n) is 15.0. The van der Waals surface area contributed by atoms with E-state index in [-0.39, 0.29) is 33.7 Å². The molecule has 0 aliphatic carbocycles. The largest absolute Gasteiger partial charge is 0.573 e. The molecule has 4 nitrogen and oxygen atoms in total. The van der Waals surface area contributed by atoms with E-state index in [0.29, 0.717) is 31.4 Å². The Morgan fingerprint density at radius 2 is 1.29 bits per heavy atom. The molecule has 1 aliphatic heterocycles. The molecule has 0 N–H and O–H groups in total. The molecule has 0 spiro atoms. The van der Waals surface area contributed by atoms with Crippen LogP contribution in [0.15, 0.2) is 72.8 Å². The Balaban J connectivity index is 1.26. The van der Waals surface area contributed by atoms with Crippen LogP contribution in [0.3, 0.4) is 0 Å². The molecule has 48 heavy (non-hydrogen) atoms. The summed E-state index contributed by atoms with van der Waals surface area (Å²) < 4.78 is 146. The number of benzene rings is 4. The molecule has 4 aromatic carbocycles. The van der Waals surface area contributed by atoms with Crippen LogP contribution in [0.25, 0.3) is 22.3 Å². The van der Waals surface area contributed by atoms with Gasteiger partial charge in [-0.3, -0.25) is 0 Å². The highest BCUT2D eigenvalue weighted by Crippen LogP contribution is 2.38. The number of hydrogen-bond acceptors (Lipinski definition) is 4. The number of ether oxygens (including phenoxy) is 4. The molecule has 256 valence electrons. The molecule has 0 aromatic heterocycles. The van der Waals surface area contributed by atoms with Crippen molar-refractivity contribution in [2.75, 3.05) is 13.2 Å². The summed E-state index contributed by atoms with van der Waals surface area (Å²) in [6, 6.07) is 11.2. The SMILES string of the molecule is CCCCCC1COC(c2ccc(C(F)(F)Oc3ccc(-c4ccc(-c5ccc(OC(F)(F)F)c(F)c5)c(F)c4)c(F)c3)c(F)c2)OC1. The topological polar surface area (TPSA) is 36.9 Å². The van der Waals surface area contributed by atoms with Gasteiger partial charge < -0.3 is 18.9 Å². The lowest BCUT2D eigenvalue weighted by molar-refractivity contribution is -0.275. The quantitative estimate of drug-likeness (QED) is 0.116. The van der Waals surface area contributed by atoms with Gasteiger partial charge in [-0.15, -0.1) is 13.2 Å². The second kappa shape index (κ2) is 14.5. The minimum atomic E-state index is -5.13. The van der Waals surface area contributed by atoms with Gasteiger partial charge in [0.25, 0.3) is 0 Å². The predicted octanol–water partition coefficient (Wildman–Crippen LogP) is 10.8. The van der Waals surface area contributed by atoms with Crippen molar-refractivity contribution in [1.82, 2.24) is 0 Å². The van der Waals surface area contributed by atoms with E-state index < -0.39 is 59.1 Å². The van der Waals surface area contributed by atoms with Crippen molar-refractivity contribution >= 4 is 0 Å². The van der Waals surface area contributed by atoms with E-state index in [2.05, 4.69) is 16.4 Å². The molecule has 5 rings (SSSR count). The van der Waals surface area contributed by atoms with Crippen LogP contribution < -0.4 is 9.47 Å². The van der Waals surface area contributed by atoms with Crippen molar-refractivity contribution in [2.45, 2.75) is 51.4 Å². The van der Waals surface area contributed by atoms with Crippen LogP contribution in [-0.2, 0) is 15.6 Å². The fourth-order valence-corrected chi connectivity index (χ4v) is 5.29. The summed E-state index contributed by atoms with van der Waals surface area (Å²) in [5.74, 6) is -6.28. The molecule has 1 saturated heterocycles. The van der Waals surface area contributed by atoms with Crippen LogP contribution in [0.2, 0.25) is 0 Å². The van der Waals surface area contributed by atoms with E-state index in [9.17, 15) is 26.3 Å². The van der Waals surface area contributed by atoms with E-state index in [1.54, 1.807) is 0 Å². The lowest BCUT2D eigenvalue weighted by atomic mass is 9.99. The van der Waals surface area contributed by atoms with Crippen molar-refractivity contribution in [2.24, 2.45) is 5.92 Å². The summed E-state index contributed by atoms with van der Waals surface area (Å²) in [7, 11) is 0. The first-order chi connectivity index (χ1) is 22.7. The Bertz CT molecular complexity index is 1730. The summed E-state index contributed by atoms with van der Waals surface area (Å²) in [5.41, 5.74) is -1.47. The molecule has 0 amide bonds. The average Bonchev–Trinajstić information content (AvgIpc) is 3.01. The van der Waals surface area contributed by atoms with Gasteiger partial charge in [0, 0.05) is 28.7 Å². The lowest BCUT2D eigenvalue weighted by Gasteiger charge is -2.30. The van der Waals surface area contributed by atoms with Crippen LogP contribution in [0.5, 0.6) is 11.5 Å². The Kier molecular flexibility index (Phi) is 10.6. The molecule has 0 bridgehead atoms. The molecule has 0 radical (unpaired) electrons. The zero-order valence-corrected chi connectivity index (χ0v) is 25.4. The lowest BCUT2D eigenvalue weighted by Crippen LogP contribution is -2.27. The van der Waals surface area contributed by atoms with Gasteiger partial charge in [0.15, 0.2) is 17.9 Å². The van der Waals surface area contributed by atoms with Gasteiger partial charge in [-0.2, -0.15) is 8.78 Å². The van der Waals surface area contributed by atoms with Crippen LogP contribution in [-0.4, -0.2) is 19.6 Å². The van der Waals surface area contributed by atoms with Gasteiger partial charge in [0.1, 0.15) is 23.2 Å². The summed E-state index contributed by atoms with van der Waals surface area (Å²) in [6.45, 7) is 2.89. The van der Waals surface area contributed by atoms with Crippen LogP contribution >= 0.6 is 0 Å². The van der Waals surface area contributed by atoms with E-state index in [1.807, 2.05) is 0 Å². The fraction of sp³-hybridized carbons (Fsp3) is 0.314. The third kappa shape index (κ3) is 8.43. The Labute approximate surface area is 270 Å². The number of alkyl halides is 5. The van der Waals surface area contributed by atoms with Crippen molar-refractivity contribution in [3.63, 3.8) is 0 Å². The molecule has 0 unspecified atom stereocenters. The van der Waals surface area contributed by atoms with Gasteiger partial charge >= 0.3 is 12.5 Å². The van der Waals surface area contributed by atoms with Crippen LogP contribution in [0.4, 0.5) is 39.5 Å². The number of rotatable bonds is 11. The Hall–Kier alpha value is -4.23. The Morgan fingerprint density at radius 3 is 1.88 bits per heavy atom. The van der Waals surface area contributed by atoms with E-state index >= 15 is 13.2 Å². The smallest absolute Gasteiger partial charge is 0.429 e. The number of halogens is 9. The van der Waals surface area contributed by atoms with Crippen molar-refractivity contribution in [3.05, 3.63) is 107 Å². The standard InChI is InChI=1S/C35H29F9O4/c1-2-3-4-5-20-18-45-33(46-19-20)23-7-12-27(30(38)16-23)34(40,41)47-24-9-11-26(29(37)17-24)21-6-10-25(28(36)14-21)22-8-13-32(31(39)15-22)48-35(42,43)44/h6-17,20,33H,2-5,18-19H2,1H3. The van der Waals surface area contributed by atoms with Crippen LogP contribution in [0.1, 0.15) is 50.0 Å². The van der Waals surface area contributed by atoms with Crippen LogP contribution in [0, 0.1) is 29.2 Å². The molecule has 13 heteroatoms. The highest BCUT2D eigenvalue weighted by Gasteiger charge is 2.38. The first kappa shape index (κ1) is 35.1. The van der Waals surface area contributed by atoms with Gasteiger partial charge in [0.05, 0.1) is 18.8 Å². The highest BCUT2D eigenvalue weighted by molar-refractivity contribution is 5.72. The maximum atomic E-state index is 15.0. The van der Waals surface area contributed by atoms with Gasteiger partial charge in [-0.1, -0.05) is 50.5 Å². The molecular formula is C35H29F9O4. The molecule has 4 aromatic rings. The number of unbranched alkanes of at least 4 members (excludes halogenated alkanes) is 2. The van der Waals surface area contributed by atoms with E-state index in [4.69, 9.17) is 9.47 Å². The second-order valence-corrected chi connectivity index (χ2v) is 11.2. The zero-order chi connectivity index (χ0) is 34.6. The predicted molar refractivity (Wildman–Crippen MR) is 157 cm³/mol. The third-order valence-electron chi connectivity index (χ3n) is 7.70. The highest BCUT2D eigenvalue weighted by atomic mass is 19.4. The number of hydrogen-bond donors (Lipinski definition) is 0. The molecule has 1 heterocycles. The normalized spacial score (nSPS) is 17.0. The maximum absolute atomic E-state index is 15.0. The molecule has 1 aliphatic rings. The second-order valence-electron chi connectivity index (χ2n) is 11.2. The Morgan fingerprint density at radius 1 is 0.667 bits per heavy atom. The van der Waals surface area contributed by atoms with Crippen molar-refractivity contribution < 1.29 is 58.5 Å². The monoisotopic (exact) mass is 684 g/mol. The molecule has 1 fully saturated rings. The van der Waals surface area contributed by atoms with Gasteiger partial charge in [-0.05, 0) is 60.0 Å². The third-order valence-corrected chi connectivity index (χ3v) is 7.70. The minimum Gasteiger partial charge on any atom is -0.429 e. The van der Waals surface area contributed by atoms with Crippen molar-refractivity contribution in [1.29, 1.82) is 0 Å². The van der Waals surface area contributed by atoms with Gasteiger partial charge in [-0.25, -0.2) is 17.6 Å². The summed E-state index contributed by atoms with van der Waals surface area (Å²) in [6.07, 6.45) is -6.12. The van der Waals surface area contributed by atoms with E-state index in [0.717, 1.165) is 68.1 Å². The summed E-state index contributed by atoms with van der Waals surface area (Å²) in [4.78, 5) is 0. The summed E-state index contributed by atoms with van der Waals surface area (Å²) in [5, 5.41) is 0.